The van der Waals surface area contributed by atoms with Crippen molar-refractivity contribution in [3.63, 3.8) is 0 Å². The Bertz CT molecular complexity index is 1090. The third kappa shape index (κ3) is 4.80. The van der Waals surface area contributed by atoms with Gasteiger partial charge in [-0.15, -0.1) is 10.2 Å². The van der Waals surface area contributed by atoms with Gasteiger partial charge in [-0.1, -0.05) is 47.7 Å². The smallest absolute Gasteiger partial charge is 0.237 e. The fourth-order valence-electron chi connectivity index (χ4n) is 3.66. The molecule has 0 saturated carbocycles. The summed E-state index contributed by atoms with van der Waals surface area (Å²) in [5.41, 5.74) is 4.10. The molecule has 4 rings (SSSR count). The van der Waals surface area contributed by atoms with Gasteiger partial charge in [0.05, 0.1) is 12.2 Å². The van der Waals surface area contributed by atoms with E-state index < -0.39 is 0 Å². The first kappa shape index (κ1) is 21.1. The molecule has 0 fully saturated rings. The Hall–Kier alpha value is -3.13. The van der Waals surface area contributed by atoms with Crippen LogP contribution in [0.1, 0.15) is 23.9 Å². The minimum absolute atomic E-state index is 0.0549. The summed E-state index contributed by atoms with van der Waals surface area (Å²) in [5, 5.41) is 12.0. The van der Waals surface area contributed by atoms with Crippen LogP contribution in [-0.2, 0) is 29.0 Å². The molecule has 2 heterocycles. The number of nitrogens with one attached hydrogen (secondary N) is 1. The predicted molar refractivity (Wildman–Crippen MR) is 122 cm³/mol. The highest BCUT2D eigenvalue weighted by Crippen LogP contribution is 2.28. The number of carbonyl (C=O) groups is 2. The highest BCUT2D eigenvalue weighted by Gasteiger charge is 2.25. The van der Waals surface area contributed by atoms with Gasteiger partial charge in [0.2, 0.25) is 11.8 Å². The van der Waals surface area contributed by atoms with Crippen molar-refractivity contribution >= 4 is 35.0 Å². The predicted octanol–water partition coefficient (Wildman–Crippen LogP) is 3.47. The number of fused-ring (bicyclic) bond motifs is 1. The summed E-state index contributed by atoms with van der Waals surface area (Å²) in [6, 6.07) is 15.7. The van der Waals surface area contributed by atoms with Crippen molar-refractivity contribution in [1.82, 2.24) is 14.8 Å². The lowest BCUT2D eigenvalue weighted by Crippen LogP contribution is -2.30. The van der Waals surface area contributed by atoms with Gasteiger partial charge in [0.25, 0.3) is 0 Å². The van der Waals surface area contributed by atoms with Crippen molar-refractivity contribution in [2.75, 3.05) is 22.5 Å². The molecule has 1 aromatic heterocycles. The number of nitrogens with zero attached hydrogens (tertiary/aromatic N) is 4. The monoisotopic (exact) mass is 435 g/mol. The molecule has 1 aliphatic heterocycles. The number of thioether (sulfide) groups is 1. The molecule has 0 saturated heterocycles. The molecule has 160 valence electrons. The van der Waals surface area contributed by atoms with Gasteiger partial charge < -0.3 is 14.8 Å². The van der Waals surface area contributed by atoms with Crippen LogP contribution in [0.25, 0.3) is 0 Å². The van der Waals surface area contributed by atoms with Crippen LogP contribution in [0.15, 0.2) is 53.7 Å². The van der Waals surface area contributed by atoms with E-state index in [4.69, 9.17) is 0 Å². The molecular formula is C23H25N5O2S. The van der Waals surface area contributed by atoms with Gasteiger partial charge in [-0.2, -0.15) is 0 Å². The van der Waals surface area contributed by atoms with Crippen LogP contribution >= 0.6 is 11.8 Å². The van der Waals surface area contributed by atoms with Gasteiger partial charge in [-0.25, -0.2) is 0 Å². The summed E-state index contributed by atoms with van der Waals surface area (Å²) in [5.74, 6) is 0.780. The van der Waals surface area contributed by atoms with Crippen LogP contribution in [0, 0.1) is 6.92 Å². The normalized spacial score (nSPS) is 12.6. The highest BCUT2D eigenvalue weighted by molar-refractivity contribution is 7.99. The molecule has 3 aromatic rings. The molecule has 0 atom stereocenters. The molecular weight excluding hydrogens is 410 g/mol. The number of aromatic nitrogens is 3. The molecule has 31 heavy (non-hydrogen) atoms. The third-order valence-corrected chi connectivity index (χ3v) is 6.23. The third-order valence-electron chi connectivity index (χ3n) is 5.28. The maximum absolute atomic E-state index is 12.8. The lowest BCUT2D eigenvalue weighted by atomic mass is 10.2. The van der Waals surface area contributed by atoms with E-state index in [1.807, 2.05) is 65.8 Å². The fourth-order valence-corrected chi connectivity index (χ4v) is 4.56. The summed E-state index contributed by atoms with van der Waals surface area (Å²) in [7, 11) is 0. The first-order chi connectivity index (χ1) is 15.0. The zero-order valence-corrected chi connectivity index (χ0v) is 18.5. The summed E-state index contributed by atoms with van der Waals surface area (Å²) < 4.78 is 1.89. The van der Waals surface area contributed by atoms with Gasteiger partial charge in [0, 0.05) is 24.5 Å². The number of amides is 2. The average Bonchev–Trinajstić information content (AvgIpc) is 3.37. The standard InChI is InChI=1S/C23H25N5O2S/c1-3-27-20(14-21(29)24-18-10-8-16(2)9-11-18)25-26-23(27)31-15-22(30)28-13-12-17-6-4-5-7-19(17)28/h4-11H,3,12-15H2,1-2H3,(H,24,29). The lowest BCUT2D eigenvalue weighted by molar-refractivity contribution is -0.116. The van der Waals surface area contributed by atoms with E-state index in [1.165, 1.54) is 17.3 Å². The Morgan fingerprint density at radius 3 is 2.65 bits per heavy atom. The summed E-state index contributed by atoms with van der Waals surface area (Å²) in [6.07, 6.45) is 1.01. The van der Waals surface area contributed by atoms with Crippen molar-refractivity contribution in [3.05, 3.63) is 65.5 Å². The van der Waals surface area contributed by atoms with Gasteiger partial charge in [-0.3, -0.25) is 9.59 Å². The van der Waals surface area contributed by atoms with Gasteiger partial charge in [-0.05, 0) is 44.0 Å². The molecule has 7 nitrogen and oxygen atoms in total. The second-order valence-electron chi connectivity index (χ2n) is 7.45. The zero-order valence-electron chi connectivity index (χ0n) is 17.7. The summed E-state index contributed by atoms with van der Waals surface area (Å²) in [6.45, 7) is 5.32. The molecule has 8 heteroatoms. The number of aryl methyl sites for hydroxylation is 1. The van der Waals surface area contributed by atoms with E-state index >= 15 is 0 Å². The van der Waals surface area contributed by atoms with Crippen LogP contribution in [0.5, 0.6) is 0 Å². The van der Waals surface area contributed by atoms with Crippen LogP contribution in [-0.4, -0.2) is 38.9 Å². The SMILES string of the molecule is CCn1c(CC(=O)Nc2ccc(C)cc2)nnc1SCC(=O)N1CCc2ccccc21. The number of anilines is 2. The van der Waals surface area contributed by atoms with Crippen molar-refractivity contribution < 1.29 is 9.59 Å². The average molecular weight is 436 g/mol. The molecule has 0 aliphatic carbocycles. The van der Waals surface area contributed by atoms with Crippen molar-refractivity contribution in [3.8, 4) is 0 Å². The highest BCUT2D eigenvalue weighted by atomic mass is 32.2. The second-order valence-corrected chi connectivity index (χ2v) is 8.39. The molecule has 0 unspecified atom stereocenters. The quantitative estimate of drug-likeness (QED) is 0.575. The van der Waals surface area contributed by atoms with Crippen molar-refractivity contribution in [2.45, 2.75) is 38.4 Å². The molecule has 0 bridgehead atoms. The van der Waals surface area contributed by atoms with Gasteiger partial charge in [0.15, 0.2) is 5.16 Å². The molecule has 2 amide bonds. The number of hydrogen-bond acceptors (Lipinski definition) is 5. The van der Waals surface area contributed by atoms with Gasteiger partial charge in [0.1, 0.15) is 5.82 Å². The fraction of sp³-hybridized carbons (Fsp3) is 0.304. The van der Waals surface area contributed by atoms with E-state index in [9.17, 15) is 9.59 Å². The van der Waals surface area contributed by atoms with Crippen LogP contribution < -0.4 is 10.2 Å². The number of rotatable bonds is 7. The minimum atomic E-state index is -0.146. The zero-order chi connectivity index (χ0) is 21.8. The molecule has 0 radical (unpaired) electrons. The first-order valence-corrected chi connectivity index (χ1v) is 11.3. The van der Waals surface area contributed by atoms with Crippen LogP contribution in [0.4, 0.5) is 11.4 Å². The molecule has 1 aliphatic rings. The van der Waals surface area contributed by atoms with Crippen molar-refractivity contribution in [2.24, 2.45) is 0 Å². The number of para-hydroxylation sites is 1. The Morgan fingerprint density at radius 2 is 1.87 bits per heavy atom. The topological polar surface area (TPSA) is 80.1 Å². The van der Waals surface area contributed by atoms with Crippen molar-refractivity contribution in [1.29, 1.82) is 0 Å². The number of benzene rings is 2. The summed E-state index contributed by atoms with van der Waals surface area (Å²) >= 11 is 1.36. The Morgan fingerprint density at radius 1 is 1.10 bits per heavy atom. The van der Waals surface area contributed by atoms with Crippen LogP contribution in [0.3, 0.4) is 0 Å². The Kier molecular flexibility index (Phi) is 6.36. The summed E-state index contributed by atoms with van der Waals surface area (Å²) in [4.78, 5) is 27.1. The lowest BCUT2D eigenvalue weighted by Gasteiger charge is -2.17. The maximum Gasteiger partial charge on any atom is 0.237 e. The van der Waals surface area contributed by atoms with E-state index in [1.54, 1.807) is 0 Å². The van der Waals surface area contributed by atoms with E-state index in [0.29, 0.717) is 24.1 Å². The van der Waals surface area contributed by atoms with E-state index in [2.05, 4.69) is 21.6 Å². The maximum atomic E-state index is 12.8. The minimum Gasteiger partial charge on any atom is -0.326 e. The largest absolute Gasteiger partial charge is 0.326 e. The second kappa shape index (κ2) is 9.34. The molecule has 1 N–H and O–H groups in total. The van der Waals surface area contributed by atoms with Crippen LogP contribution in [0.2, 0.25) is 0 Å². The number of hydrogen-bond donors (Lipinski definition) is 1. The molecule has 2 aromatic carbocycles. The van der Waals surface area contributed by atoms with E-state index in [0.717, 1.165) is 23.4 Å². The first-order valence-electron chi connectivity index (χ1n) is 10.3. The Labute approximate surface area is 185 Å². The Balaban J connectivity index is 1.37. The van der Waals surface area contributed by atoms with Gasteiger partial charge >= 0.3 is 0 Å². The molecule has 0 spiro atoms. The van der Waals surface area contributed by atoms with E-state index in [-0.39, 0.29) is 24.0 Å². The number of carbonyl (C=O) groups excluding carboxylic acids is 2.